The van der Waals surface area contributed by atoms with Crippen LogP contribution < -0.4 is 0 Å². The Morgan fingerprint density at radius 3 is 1.78 bits per heavy atom. The molecule has 0 saturated carbocycles. The summed E-state index contributed by atoms with van der Waals surface area (Å²) < 4.78 is 26.1. The molecular weight excluding hydrogens is 611 g/mol. The SMILES string of the molecule is CCCC/C=C\CCCCCCCC(=O)OC[C@H](COP(=O)(O)O)OC(=O)CCCCCCC[C@H](O)[C@@H](O)C/C=C\CCCCC. The molecule has 0 aromatic heterocycles. The molecule has 0 unspecified atom stereocenters. The lowest BCUT2D eigenvalue weighted by atomic mass is 10.0. The number of unbranched alkanes of at least 4 members (excludes halogenated alkanes) is 14. The minimum atomic E-state index is -4.79. The molecule has 46 heavy (non-hydrogen) atoms. The largest absolute Gasteiger partial charge is 0.469 e. The van der Waals surface area contributed by atoms with Crippen LogP contribution in [-0.2, 0) is 28.2 Å². The molecule has 0 fully saturated rings. The summed E-state index contributed by atoms with van der Waals surface area (Å²) in [5, 5.41) is 20.3. The predicted octanol–water partition coefficient (Wildman–Crippen LogP) is 8.01. The van der Waals surface area contributed by atoms with E-state index in [0.29, 0.717) is 25.7 Å². The molecule has 0 spiro atoms. The molecule has 4 N–H and O–H groups in total. The Bertz CT molecular complexity index is 841. The van der Waals surface area contributed by atoms with E-state index in [0.717, 1.165) is 77.0 Å². The summed E-state index contributed by atoms with van der Waals surface area (Å²) in [5.74, 6) is -1.01. The zero-order valence-corrected chi connectivity index (χ0v) is 29.6. The Labute approximate surface area is 278 Å². The van der Waals surface area contributed by atoms with Crippen LogP contribution in [0.1, 0.15) is 155 Å². The van der Waals surface area contributed by atoms with Gasteiger partial charge in [0.15, 0.2) is 6.10 Å². The highest BCUT2D eigenvalue weighted by Gasteiger charge is 2.23. The Kier molecular flexibility index (Phi) is 29.7. The van der Waals surface area contributed by atoms with E-state index in [1.807, 2.05) is 6.08 Å². The lowest BCUT2D eigenvalue weighted by Gasteiger charge is -2.18. The summed E-state index contributed by atoms with van der Waals surface area (Å²) in [4.78, 5) is 42.6. The maximum atomic E-state index is 12.3. The van der Waals surface area contributed by atoms with Gasteiger partial charge in [-0.3, -0.25) is 14.1 Å². The van der Waals surface area contributed by atoms with Crippen molar-refractivity contribution in [3.63, 3.8) is 0 Å². The molecule has 3 atom stereocenters. The van der Waals surface area contributed by atoms with Gasteiger partial charge in [-0.2, -0.15) is 0 Å². The third kappa shape index (κ3) is 31.1. The average molecular weight is 677 g/mol. The monoisotopic (exact) mass is 676 g/mol. The Balaban J connectivity index is 4.14. The van der Waals surface area contributed by atoms with Crippen LogP contribution in [-0.4, -0.2) is 63.5 Å². The molecule has 0 amide bonds. The summed E-state index contributed by atoms with van der Waals surface area (Å²) in [6.45, 7) is 3.42. The van der Waals surface area contributed by atoms with Gasteiger partial charge in [-0.25, -0.2) is 4.57 Å². The van der Waals surface area contributed by atoms with Crippen molar-refractivity contribution in [3.05, 3.63) is 24.3 Å². The quantitative estimate of drug-likeness (QED) is 0.0238. The van der Waals surface area contributed by atoms with E-state index in [9.17, 15) is 24.4 Å². The number of carbonyl (C=O) groups excluding carboxylic acids is 2. The molecular formula is C35H65O10P. The highest BCUT2D eigenvalue weighted by molar-refractivity contribution is 7.46. The standard InChI is InChI=1S/C35H65O10P/c1-3-5-7-9-11-12-13-14-15-19-23-27-34(38)43-29-31(30-44-46(40,41)42)45-35(39)28-24-20-16-18-22-26-33(37)32(36)25-21-17-10-8-6-4-2/h9,11,17,21,31-33,36-37H,3-8,10,12-16,18-20,22-30H2,1-2H3,(H2,40,41,42)/b11-9-,21-17-/t31-,32+,33+/m1/s1. The van der Waals surface area contributed by atoms with Crippen LogP contribution in [0.5, 0.6) is 0 Å². The summed E-state index contributed by atoms with van der Waals surface area (Å²) >= 11 is 0. The molecule has 0 aromatic carbocycles. The number of esters is 2. The van der Waals surface area contributed by atoms with Crippen LogP contribution in [0.15, 0.2) is 24.3 Å². The molecule has 0 radical (unpaired) electrons. The minimum absolute atomic E-state index is 0.112. The fraction of sp³-hybridized carbons (Fsp3) is 0.829. The lowest BCUT2D eigenvalue weighted by Crippen LogP contribution is -2.29. The molecule has 11 heteroatoms. The number of carbonyl (C=O) groups is 2. The van der Waals surface area contributed by atoms with Crippen molar-refractivity contribution in [2.24, 2.45) is 0 Å². The predicted molar refractivity (Wildman–Crippen MR) is 182 cm³/mol. The number of hydrogen-bond acceptors (Lipinski definition) is 8. The normalized spacial score (nSPS) is 14.1. The molecule has 0 bridgehead atoms. The highest BCUT2D eigenvalue weighted by Crippen LogP contribution is 2.36. The van der Waals surface area contributed by atoms with Crippen LogP contribution in [0, 0.1) is 0 Å². The maximum Gasteiger partial charge on any atom is 0.469 e. The van der Waals surface area contributed by atoms with Crippen molar-refractivity contribution in [1.82, 2.24) is 0 Å². The summed E-state index contributed by atoms with van der Waals surface area (Å²) in [6.07, 6.45) is 25.0. The minimum Gasteiger partial charge on any atom is -0.462 e. The van der Waals surface area contributed by atoms with E-state index in [1.165, 1.54) is 25.7 Å². The number of phosphoric ester groups is 1. The first-order valence-electron chi connectivity index (χ1n) is 17.8. The number of ether oxygens (including phenoxy) is 2. The average Bonchev–Trinajstić information content (AvgIpc) is 3.01. The molecule has 0 aliphatic rings. The molecule has 0 aromatic rings. The van der Waals surface area contributed by atoms with E-state index < -0.39 is 44.7 Å². The number of allylic oxidation sites excluding steroid dienone is 3. The summed E-state index contributed by atoms with van der Waals surface area (Å²) in [5.41, 5.74) is 0. The lowest BCUT2D eigenvalue weighted by molar-refractivity contribution is -0.161. The first-order chi connectivity index (χ1) is 22.1. The number of hydrogen-bond donors (Lipinski definition) is 4. The Morgan fingerprint density at radius 2 is 1.15 bits per heavy atom. The fourth-order valence-electron chi connectivity index (χ4n) is 4.79. The third-order valence-corrected chi connectivity index (χ3v) is 8.13. The van der Waals surface area contributed by atoms with Gasteiger partial charge in [0.25, 0.3) is 0 Å². The van der Waals surface area contributed by atoms with Crippen molar-refractivity contribution in [3.8, 4) is 0 Å². The van der Waals surface area contributed by atoms with Gasteiger partial charge in [-0.15, -0.1) is 0 Å². The van der Waals surface area contributed by atoms with E-state index in [1.54, 1.807) is 0 Å². The van der Waals surface area contributed by atoms with Gasteiger partial charge < -0.3 is 29.5 Å². The van der Waals surface area contributed by atoms with Crippen molar-refractivity contribution in [1.29, 1.82) is 0 Å². The van der Waals surface area contributed by atoms with Crippen LogP contribution in [0.4, 0.5) is 0 Å². The topological polar surface area (TPSA) is 160 Å². The Hall–Kier alpha value is -1.55. The van der Waals surface area contributed by atoms with Gasteiger partial charge in [0.1, 0.15) is 6.61 Å². The zero-order chi connectivity index (χ0) is 34.3. The molecule has 270 valence electrons. The maximum absolute atomic E-state index is 12.3. The number of phosphoric acid groups is 1. The van der Waals surface area contributed by atoms with Crippen LogP contribution in [0.25, 0.3) is 0 Å². The van der Waals surface area contributed by atoms with Crippen molar-refractivity contribution in [2.45, 2.75) is 173 Å². The molecule has 0 aliphatic heterocycles. The third-order valence-electron chi connectivity index (χ3n) is 7.64. The van der Waals surface area contributed by atoms with Gasteiger partial charge in [0.05, 0.1) is 18.8 Å². The fourth-order valence-corrected chi connectivity index (χ4v) is 5.15. The summed E-state index contributed by atoms with van der Waals surface area (Å²) in [6, 6.07) is 0. The Morgan fingerprint density at radius 1 is 0.630 bits per heavy atom. The van der Waals surface area contributed by atoms with Gasteiger partial charge >= 0.3 is 19.8 Å². The van der Waals surface area contributed by atoms with Gasteiger partial charge in [0, 0.05) is 12.8 Å². The molecule has 0 rings (SSSR count). The first kappa shape index (κ1) is 44.5. The van der Waals surface area contributed by atoms with Crippen LogP contribution in [0.3, 0.4) is 0 Å². The second-order valence-electron chi connectivity index (χ2n) is 12.1. The van der Waals surface area contributed by atoms with Crippen molar-refractivity contribution >= 4 is 19.8 Å². The molecule has 10 nitrogen and oxygen atoms in total. The van der Waals surface area contributed by atoms with E-state index in [2.05, 4.69) is 36.6 Å². The number of rotatable bonds is 32. The summed E-state index contributed by atoms with van der Waals surface area (Å²) in [7, 11) is -4.79. The highest BCUT2D eigenvalue weighted by atomic mass is 31.2. The van der Waals surface area contributed by atoms with Crippen molar-refractivity contribution in [2.75, 3.05) is 13.2 Å². The molecule has 0 saturated heterocycles. The zero-order valence-electron chi connectivity index (χ0n) is 28.7. The first-order valence-corrected chi connectivity index (χ1v) is 19.3. The second kappa shape index (κ2) is 30.8. The van der Waals surface area contributed by atoms with E-state index in [-0.39, 0.29) is 19.4 Å². The van der Waals surface area contributed by atoms with E-state index >= 15 is 0 Å². The number of aliphatic hydroxyl groups is 2. The van der Waals surface area contributed by atoms with E-state index in [4.69, 9.17) is 19.3 Å². The number of aliphatic hydroxyl groups excluding tert-OH is 2. The second-order valence-corrected chi connectivity index (χ2v) is 13.4. The van der Waals surface area contributed by atoms with Crippen molar-refractivity contribution < 1.29 is 48.2 Å². The van der Waals surface area contributed by atoms with Gasteiger partial charge in [-0.05, 0) is 57.8 Å². The van der Waals surface area contributed by atoms with Crippen LogP contribution >= 0.6 is 7.82 Å². The molecule has 0 aliphatic carbocycles. The van der Waals surface area contributed by atoms with Crippen LogP contribution in [0.2, 0.25) is 0 Å². The van der Waals surface area contributed by atoms with Gasteiger partial charge in [-0.1, -0.05) is 109 Å². The smallest absolute Gasteiger partial charge is 0.462 e. The van der Waals surface area contributed by atoms with Gasteiger partial charge in [0.2, 0.25) is 0 Å². The molecule has 0 heterocycles.